The van der Waals surface area contributed by atoms with Crippen LogP contribution < -0.4 is 4.90 Å². The molecule has 1 aliphatic rings. The quantitative estimate of drug-likeness (QED) is 0.831. The average Bonchev–Trinajstić information content (AvgIpc) is 2.84. The number of phenols is 1. The first-order valence-corrected chi connectivity index (χ1v) is 7.25. The third-order valence-corrected chi connectivity index (χ3v) is 3.81. The van der Waals surface area contributed by atoms with Gasteiger partial charge in [0.1, 0.15) is 11.6 Å². The second-order valence-corrected chi connectivity index (χ2v) is 5.70. The maximum absolute atomic E-state index is 9.99. The molecule has 1 aromatic heterocycles. The summed E-state index contributed by atoms with van der Waals surface area (Å²) < 4.78 is 0. The van der Waals surface area contributed by atoms with E-state index in [9.17, 15) is 10.2 Å². The van der Waals surface area contributed by atoms with Crippen LogP contribution in [0, 0.1) is 0 Å². The molecule has 1 fully saturated rings. The van der Waals surface area contributed by atoms with Crippen molar-refractivity contribution in [2.24, 2.45) is 0 Å². The van der Waals surface area contributed by atoms with Gasteiger partial charge in [0.25, 0.3) is 0 Å². The molecule has 0 aliphatic carbocycles. The van der Waals surface area contributed by atoms with Crippen LogP contribution in [0.3, 0.4) is 0 Å². The van der Waals surface area contributed by atoms with Crippen molar-refractivity contribution in [3.05, 3.63) is 34.6 Å². The Kier molecular flexibility index (Phi) is 3.89. The van der Waals surface area contributed by atoms with Crippen molar-refractivity contribution in [1.29, 1.82) is 0 Å². The largest absolute Gasteiger partial charge is 0.507 e. The first-order valence-electron chi connectivity index (χ1n) is 6.49. The van der Waals surface area contributed by atoms with Crippen LogP contribution >= 0.6 is 23.2 Å². The molecule has 1 aliphatic heterocycles. The second kappa shape index (κ2) is 5.67. The van der Waals surface area contributed by atoms with Gasteiger partial charge in [-0.05, 0) is 36.2 Å². The third-order valence-electron chi connectivity index (χ3n) is 3.41. The van der Waals surface area contributed by atoms with Crippen LogP contribution in [-0.4, -0.2) is 39.4 Å². The molecule has 1 aromatic carbocycles. The highest BCUT2D eigenvalue weighted by molar-refractivity contribution is 6.30. The molecular weight excluding hydrogens is 313 g/mol. The van der Waals surface area contributed by atoms with Crippen molar-refractivity contribution in [1.82, 2.24) is 9.97 Å². The molecule has 0 radical (unpaired) electrons. The summed E-state index contributed by atoms with van der Waals surface area (Å²) in [6, 6.07) is 6.55. The maximum Gasteiger partial charge on any atom is 0.224 e. The molecular formula is C14H13Cl2N3O2. The van der Waals surface area contributed by atoms with E-state index in [1.807, 2.05) is 4.90 Å². The Bertz CT molecular complexity index is 681. The lowest BCUT2D eigenvalue weighted by molar-refractivity contribution is 0.198. The summed E-state index contributed by atoms with van der Waals surface area (Å²) in [6.07, 6.45) is 0.342. The van der Waals surface area contributed by atoms with Crippen molar-refractivity contribution in [3.63, 3.8) is 0 Å². The molecule has 1 unspecified atom stereocenters. The number of aromatic hydroxyl groups is 1. The lowest BCUT2D eigenvalue weighted by Gasteiger charge is -2.17. The average molecular weight is 326 g/mol. The molecule has 1 saturated heterocycles. The number of aromatic nitrogens is 2. The molecule has 7 heteroatoms. The molecule has 2 heterocycles. The summed E-state index contributed by atoms with van der Waals surface area (Å²) in [7, 11) is 0. The Balaban J connectivity index is 2.01. The standard InChI is InChI=1S/C14H13Cl2N3O2/c15-8-1-2-10(12(21)5-8)11-6-13(18-14(16)17-11)19-4-3-9(20)7-19/h1-2,5-6,9,20-21H,3-4,7H2. The van der Waals surface area contributed by atoms with Crippen LogP contribution in [0.25, 0.3) is 11.3 Å². The van der Waals surface area contributed by atoms with Crippen LogP contribution in [0.1, 0.15) is 6.42 Å². The predicted molar refractivity (Wildman–Crippen MR) is 82.0 cm³/mol. The van der Waals surface area contributed by atoms with E-state index >= 15 is 0 Å². The van der Waals surface area contributed by atoms with E-state index in [1.54, 1.807) is 18.2 Å². The highest BCUT2D eigenvalue weighted by Crippen LogP contribution is 2.33. The van der Waals surface area contributed by atoms with Crippen molar-refractivity contribution in [2.75, 3.05) is 18.0 Å². The van der Waals surface area contributed by atoms with E-state index in [1.165, 1.54) is 6.07 Å². The number of β-amino-alcohol motifs (C(OH)–C–C–N with tert-alkyl or cyclic N) is 1. The predicted octanol–water partition coefficient (Wildman–Crippen LogP) is 2.73. The Morgan fingerprint density at radius 2 is 2.00 bits per heavy atom. The van der Waals surface area contributed by atoms with Gasteiger partial charge in [0.2, 0.25) is 5.28 Å². The van der Waals surface area contributed by atoms with Gasteiger partial charge in [-0.2, -0.15) is 0 Å². The topological polar surface area (TPSA) is 69.5 Å². The van der Waals surface area contributed by atoms with Gasteiger partial charge >= 0.3 is 0 Å². The van der Waals surface area contributed by atoms with Crippen molar-refractivity contribution in [3.8, 4) is 17.0 Å². The number of rotatable bonds is 2. The van der Waals surface area contributed by atoms with Gasteiger partial charge in [0, 0.05) is 29.7 Å². The molecule has 0 saturated carbocycles. The number of benzene rings is 1. The summed E-state index contributed by atoms with van der Waals surface area (Å²) in [5.74, 6) is 0.667. The smallest absolute Gasteiger partial charge is 0.224 e. The first kappa shape index (κ1) is 14.4. The van der Waals surface area contributed by atoms with Crippen molar-refractivity contribution < 1.29 is 10.2 Å². The van der Waals surface area contributed by atoms with Gasteiger partial charge in [-0.15, -0.1) is 0 Å². The van der Waals surface area contributed by atoms with Crippen LogP contribution in [-0.2, 0) is 0 Å². The Labute approximate surface area is 131 Å². The highest BCUT2D eigenvalue weighted by atomic mass is 35.5. The maximum atomic E-state index is 9.99. The molecule has 0 amide bonds. The Morgan fingerprint density at radius 3 is 2.67 bits per heavy atom. The number of aliphatic hydroxyl groups excluding tert-OH is 1. The lowest BCUT2D eigenvalue weighted by atomic mass is 10.1. The number of hydrogen-bond acceptors (Lipinski definition) is 5. The number of anilines is 1. The fourth-order valence-corrected chi connectivity index (χ4v) is 2.72. The highest BCUT2D eigenvalue weighted by Gasteiger charge is 2.22. The zero-order valence-corrected chi connectivity index (χ0v) is 12.5. The molecule has 2 aromatic rings. The zero-order valence-electron chi connectivity index (χ0n) is 11.0. The number of aliphatic hydroxyl groups is 1. The minimum absolute atomic E-state index is 0.0321. The van der Waals surface area contributed by atoms with Gasteiger partial charge in [0.15, 0.2) is 0 Å². The van der Waals surface area contributed by atoms with Gasteiger partial charge < -0.3 is 15.1 Å². The molecule has 0 bridgehead atoms. The van der Waals surface area contributed by atoms with Gasteiger partial charge in [-0.1, -0.05) is 11.6 Å². The number of nitrogens with zero attached hydrogens (tertiary/aromatic N) is 3. The zero-order chi connectivity index (χ0) is 15.0. The van der Waals surface area contributed by atoms with Crippen LogP contribution in [0.4, 0.5) is 5.82 Å². The van der Waals surface area contributed by atoms with Crippen LogP contribution in [0.15, 0.2) is 24.3 Å². The van der Waals surface area contributed by atoms with E-state index in [0.717, 1.165) is 0 Å². The number of halogens is 2. The van der Waals surface area contributed by atoms with E-state index in [2.05, 4.69) is 9.97 Å². The van der Waals surface area contributed by atoms with E-state index < -0.39 is 0 Å². The Morgan fingerprint density at radius 1 is 1.19 bits per heavy atom. The van der Waals surface area contributed by atoms with E-state index in [0.29, 0.717) is 41.6 Å². The summed E-state index contributed by atoms with van der Waals surface area (Å²) >= 11 is 11.8. The van der Waals surface area contributed by atoms with Gasteiger partial charge in [-0.3, -0.25) is 0 Å². The van der Waals surface area contributed by atoms with Crippen LogP contribution in [0.2, 0.25) is 10.3 Å². The minimum Gasteiger partial charge on any atom is -0.507 e. The Hall–Kier alpha value is -1.56. The first-order chi connectivity index (χ1) is 10.0. The van der Waals surface area contributed by atoms with E-state index in [-0.39, 0.29) is 17.1 Å². The summed E-state index contributed by atoms with van der Waals surface area (Å²) in [4.78, 5) is 10.3. The monoisotopic (exact) mass is 325 g/mol. The fourth-order valence-electron chi connectivity index (χ4n) is 2.38. The molecule has 3 rings (SSSR count). The number of phenolic OH excluding ortho intramolecular Hbond substituents is 1. The summed E-state index contributed by atoms with van der Waals surface area (Å²) in [5.41, 5.74) is 1.05. The SMILES string of the molecule is Oc1cc(Cl)ccc1-c1cc(N2CCC(O)C2)nc(Cl)n1. The molecule has 5 nitrogen and oxygen atoms in total. The summed E-state index contributed by atoms with van der Waals surface area (Å²) in [6.45, 7) is 1.22. The second-order valence-electron chi connectivity index (χ2n) is 4.93. The molecule has 21 heavy (non-hydrogen) atoms. The molecule has 110 valence electrons. The fraction of sp³-hybridized carbons (Fsp3) is 0.286. The minimum atomic E-state index is -0.355. The van der Waals surface area contributed by atoms with Crippen molar-refractivity contribution in [2.45, 2.75) is 12.5 Å². The van der Waals surface area contributed by atoms with Crippen molar-refractivity contribution >= 4 is 29.0 Å². The molecule has 1 atom stereocenters. The third kappa shape index (κ3) is 3.05. The van der Waals surface area contributed by atoms with E-state index in [4.69, 9.17) is 23.2 Å². The normalized spacial score (nSPS) is 18.2. The van der Waals surface area contributed by atoms with Gasteiger partial charge in [0.05, 0.1) is 11.8 Å². The summed E-state index contributed by atoms with van der Waals surface area (Å²) in [5, 5.41) is 20.2. The number of hydrogen-bond donors (Lipinski definition) is 2. The molecule has 2 N–H and O–H groups in total. The van der Waals surface area contributed by atoms with Crippen LogP contribution in [0.5, 0.6) is 5.75 Å². The lowest BCUT2D eigenvalue weighted by Crippen LogP contribution is -2.22. The molecule has 0 spiro atoms. The van der Waals surface area contributed by atoms with Gasteiger partial charge in [-0.25, -0.2) is 9.97 Å².